The van der Waals surface area contributed by atoms with Crippen molar-refractivity contribution in [3.05, 3.63) is 41.4 Å². The van der Waals surface area contributed by atoms with Gasteiger partial charge in [-0.1, -0.05) is 11.6 Å². The summed E-state index contributed by atoms with van der Waals surface area (Å²) in [5.74, 6) is 0.661. The number of carbonyl (C=O) groups is 1. The van der Waals surface area contributed by atoms with Gasteiger partial charge < -0.3 is 15.4 Å². The van der Waals surface area contributed by atoms with E-state index in [1.165, 1.54) is 25.6 Å². The first-order chi connectivity index (χ1) is 12.5. The Morgan fingerprint density at radius 1 is 1.19 bits per heavy atom. The van der Waals surface area contributed by atoms with Crippen LogP contribution in [0.5, 0.6) is 0 Å². The average Bonchev–Trinajstić information content (AvgIpc) is 2.65. The van der Waals surface area contributed by atoms with Crippen LogP contribution < -0.4 is 10.6 Å². The van der Waals surface area contributed by atoms with Crippen LogP contribution in [0.2, 0.25) is 5.02 Å². The number of rotatable bonds is 5. The highest BCUT2D eigenvalue weighted by Crippen LogP contribution is 2.28. The van der Waals surface area contributed by atoms with E-state index in [1.54, 1.807) is 12.1 Å². The third-order valence-corrected chi connectivity index (χ3v) is 4.76. The van der Waals surface area contributed by atoms with E-state index in [-0.39, 0.29) is 23.0 Å². The van der Waals surface area contributed by atoms with Crippen LogP contribution in [-0.4, -0.2) is 29.1 Å². The van der Waals surface area contributed by atoms with Crippen molar-refractivity contribution in [3.8, 4) is 0 Å². The highest BCUT2D eigenvalue weighted by Gasteiger charge is 2.26. The van der Waals surface area contributed by atoms with Crippen molar-refractivity contribution in [1.29, 1.82) is 0 Å². The number of nitrogens with zero attached hydrogens (tertiary/aromatic N) is 2. The molecular formula is C18H20ClFN4O2. The van der Waals surface area contributed by atoms with Gasteiger partial charge in [-0.3, -0.25) is 4.79 Å². The van der Waals surface area contributed by atoms with Gasteiger partial charge in [0.1, 0.15) is 23.8 Å². The van der Waals surface area contributed by atoms with Gasteiger partial charge in [-0.2, -0.15) is 0 Å². The minimum atomic E-state index is -0.468. The van der Waals surface area contributed by atoms with E-state index < -0.39 is 5.82 Å². The van der Waals surface area contributed by atoms with Gasteiger partial charge in [-0.25, -0.2) is 14.4 Å². The summed E-state index contributed by atoms with van der Waals surface area (Å²) in [4.78, 5) is 20.0. The van der Waals surface area contributed by atoms with Crippen molar-refractivity contribution in [1.82, 2.24) is 9.97 Å². The Morgan fingerprint density at radius 3 is 2.62 bits per heavy atom. The van der Waals surface area contributed by atoms with E-state index in [4.69, 9.17) is 16.3 Å². The topological polar surface area (TPSA) is 76.1 Å². The zero-order valence-corrected chi connectivity index (χ0v) is 15.1. The largest absolute Gasteiger partial charge is 0.469 e. The molecule has 1 aliphatic rings. The van der Waals surface area contributed by atoms with Crippen LogP contribution in [0.25, 0.3) is 0 Å². The highest BCUT2D eigenvalue weighted by atomic mass is 35.5. The predicted octanol–water partition coefficient (Wildman–Crippen LogP) is 4.16. The molecule has 2 N–H and O–H groups in total. The molecule has 1 saturated carbocycles. The van der Waals surface area contributed by atoms with Crippen LogP contribution in [0.15, 0.2) is 30.6 Å². The van der Waals surface area contributed by atoms with Gasteiger partial charge in [-0.15, -0.1) is 0 Å². The van der Waals surface area contributed by atoms with Gasteiger partial charge in [0.2, 0.25) is 0 Å². The van der Waals surface area contributed by atoms with E-state index in [2.05, 4.69) is 20.6 Å². The van der Waals surface area contributed by atoms with Crippen LogP contribution >= 0.6 is 11.6 Å². The molecule has 138 valence electrons. The number of aromatic nitrogens is 2. The van der Waals surface area contributed by atoms with Gasteiger partial charge in [0.25, 0.3) is 0 Å². The van der Waals surface area contributed by atoms with Crippen molar-refractivity contribution < 1.29 is 13.9 Å². The molecule has 2 aromatic rings. The summed E-state index contributed by atoms with van der Waals surface area (Å²) in [7, 11) is 1.43. The molecule has 3 rings (SSSR count). The van der Waals surface area contributed by atoms with Crippen LogP contribution in [0.4, 0.5) is 21.7 Å². The predicted molar refractivity (Wildman–Crippen MR) is 98.1 cm³/mol. The molecule has 6 nitrogen and oxygen atoms in total. The Kier molecular flexibility index (Phi) is 5.88. The van der Waals surface area contributed by atoms with Gasteiger partial charge in [0, 0.05) is 17.8 Å². The Morgan fingerprint density at radius 2 is 1.92 bits per heavy atom. The molecule has 26 heavy (non-hydrogen) atoms. The van der Waals surface area contributed by atoms with E-state index in [0.717, 1.165) is 25.7 Å². The lowest BCUT2D eigenvalue weighted by molar-refractivity contribution is -0.146. The van der Waals surface area contributed by atoms with Crippen molar-refractivity contribution in [2.75, 3.05) is 17.7 Å². The normalized spacial score (nSPS) is 19.7. The maximum absolute atomic E-state index is 13.2. The first-order valence-corrected chi connectivity index (χ1v) is 8.81. The summed E-state index contributed by atoms with van der Waals surface area (Å²) >= 11 is 5.79. The lowest BCUT2D eigenvalue weighted by Gasteiger charge is -2.27. The van der Waals surface area contributed by atoms with Crippen LogP contribution in [-0.2, 0) is 9.53 Å². The third kappa shape index (κ3) is 4.60. The number of hydrogen-bond donors (Lipinski definition) is 2. The number of hydrogen-bond acceptors (Lipinski definition) is 6. The molecule has 0 unspecified atom stereocenters. The minimum absolute atomic E-state index is 0.0103. The highest BCUT2D eigenvalue weighted by molar-refractivity contribution is 6.31. The van der Waals surface area contributed by atoms with Gasteiger partial charge in [-0.05, 0) is 43.9 Å². The second-order valence-corrected chi connectivity index (χ2v) is 6.67. The first kappa shape index (κ1) is 18.4. The Labute approximate surface area is 156 Å². The number of anilines is 3. The zero-order valence-electron chi connectivity index (χ0n) is 14.3. The second-order valence-electron chi connectivity index (χ2n) is 6.26. The van der Waals surface area contributed by atoms with Gasteiger partial charge in [0.05, 0.1) is 18.1 Å². The molecule has 8 heteroatoms. The number of halogens is 2. The summed E-state index contributed by atoms with van der Waals surface area (Å²) in [6, 6.07) is 6.41. The van der Waals surface area contributed by atoms with E-state index in [1.807, 2.05) is 0 Å². The van der Waals surface area contributed by atoms with Crippen LogP contribution in [0.1, 0.15) is 25.7 Å². The van der Waals surface area contributed by atoms with Crippen molar-refractivity contribution in [2.45, 2.75) is 31.7 Å². The molecule has 0 spiro atoms. The lowest BCUT2D eigenvalue weighted by atomic mass is 9.86. The number of carbonyl (C=O) groups excluding carboxylic acids is 1. The maximum Gasteiger partial charge on any atom is 0.308 e. The number of methoxy groups -OCH3 is 1. The number of benzene rings is 1. The summed E-state index contributed by atoms with van der Waals surface area (Å²) in [5, 5.41) is 6.50. The Balaban J connectivity index is 1.59. The van der Waals surface area contributed by atoms with E-state index >= 15 is 0 Å². The minimum Gasteiger partial charge on any atom is -0.469 e. The fourth-order valence-electron chi connectivity index (χ4n) is 3.08. The van der Waals surface area contributed by atoms with Crippen LogP contribution in [0.3, 0.4) is 0 Å². The van der Waals surface area contributed by atoms with Crippen molar-refractivity contribution in [2.24, 2.45) is 5.92 Å². The molecule has 0 bridgehead atoms. The summed E-state index contributed by atoms with van der Waals surface area (Å²) in [6.07, 6.45) is 4.80. The van der Waals surface area contributed by atoms with Gasteiger partial charge in [0.15, 0.2) is 0 Å². The van der Waals surface area contributed by atoms with Gasteiger partial charge >= 0.3 is 5.97 Å². The maximum atomic E-state index is 13.2. The molecule has 0 aliphatic heterocycles. The first-order valence-electron chi connectivity index (χ1n) is 8.43. The quantitative estimate of drug-likeness (QED) is 0.761. The second kappa shape index (κ2) is 8.31. The fourth-order valence-corrected chi connectivity index (χ4v) is 3.26. The Bertz CT molecular complexity index is 782. The summed E-state index contributed by atoms with van der Waals surface area (Å²) < 4.78 is 18.0. The molecule has 1 fully saturated rings. The smallest absolute Gasteiger partial charge is 0.308 e. The summed E-state index contributed by atoms with van der Waals surface area (Å²) in [5.41, 5.74) is 0.639. The molecule has 1 aromatic carbocycles. The standard InChI is InChI=1S/C18H20ClFN4O2/c1-26-18(25)11-2-4-12(5-3-11)23-16-9-17(22-10-21-16)24-13-6-7-15(20)14(19)8-13/h6-12H,2-5H2,1H3,(H2,21,22,23,24)/t11-,12-. The molecule has 1 aromatic heterocycles. The molecule has 0 amide bonds. The SMILES string of the molecule is COC(=O)[C@H]1CC[C@H](Nc2cc(Nc3ccc(F)c(Cl)c3)ncn2)CC1. The monoisotopic (exact) mass is 378 g/mol. The number of nitrogens with one attached hydrogen (secondary N) is 2. The molecule has 0 atom stereocenters. The van der Waals surface area contributed by atoms with Crippen molar-refractivity contribution >= 4 is 34.9 Å². The van der Waals surface area contributed by atoms with Crippen molar-refractivity contribution in [3.63, 3.8) is 0 Å². The molecule has 0 saturated heterocycles. The number of ether oxygens (including phenoxy) is 1. The van der Waals surface area contributed by atoms with Crippen LogP contribution in [0, 0.1) is 11.7 Å². The van der Waals surface area contributed by atoms with E-state index in [0.29, 0.717) is 17.3 Å². The Hall–Kier alpha value is -2.41. The molecule has 1 heterocycles. The molecular weight excluding hydrogens is 359 g/mol. The van der Waals surface area contributed by atoms with E-state index in [9.17, 15) is 9.18 Å². The third-order valence-electron chi connectivity index (χ3n) is 4.47. The number of esters is 1. The summed E-state index contributed by atoms with van der Waals surface area (Å²) in [6.45, 7) is 0. The molecule has 1 aliphatic carbocycles. The fraction of sp³-hybridized carbons (Fsp3) is 0.389. The zero-order chi connectivity index (χ0) is 18.5. The lowest BCUT2D eigenvalue weighted by Crippen LogP contribution is -2.30. The average molecular weight is 379 g/mol. The molecule has 0 radical (unpaired) electrons.